The van der Waals surface area contributed by atoms with Crippen molar-refractivity contribution in [3.05, 3.63) is 52.3 Å². The van der Waals surface area contributed by atoms with Gasteiger partial charge >= 0.3 is 0 Å². The summed E-state index contributed by atoms with van der Waals surface area (Å²) in [6.45, 7) is 11.9. The molecule has 0 aliphatic heterocycles. The molecular formula is C21H28N4O2. The number of hydrogen-bond acceptors (Lipinski definition) is 3. The van der Waals surface area contributed by atoms with Crippen LogP contribution in [0.4, 0.5) is 0 Å². The minimum atomic E-state index is -0.438. The zero-order valence-corrected chi connectivity index (χ0v) is 16.9. The molecule has 2 N–H and O–H groups in total. The second-order valence-corrected chi connectivity index (χ2v) is 7.12. The lowest BCUT2D eigenvalue weighted by molar-refractivity contribution is -0.129. The molecule has 6 nitrogen and oxygen atoms in total. The van der Waals surface area contributed by atoms with E-state index >= 15 is 0 Å². The van der Waals surface area contributed by atoms with E-state index in [1.54, 1.807) is 6.21 Å². The van der Waals surface area contributed by atoms with Crippen molar-refractivity contribution >= 4 is 18.0 Å². The van der Waals surface area contributed by atoms with E-state index in [4.69, 9.17) is 0 Å². The fourth-order valence-corrected chi connectivity index (χ4v) is 2.91. The number of benzene rings is 1. The van der Waals surface area contributed by atoms with E-state index in [1.807, 2.05) is 33.8 Å². The minimum absolute atomic E-state index is 0.00426. The molecule has 144 valence electrons. The van der Waals surface area contributed by atoms with E-state index < -0.39 is 5.91 Å². The average molecular weight is 368 g/mol. The van der Waals surface area contributed by atoms with Gasteiger partial charge in [-0.25, -0.2) is 5.43 Å². The number of hydrazone groups is 1. The van der Waals surface area contributed by atoms with Gasteiger partial charge in [0.15, 0.2) is 0 Å². The van der Waals surface area contributed by atoms with E-state index in [1.165, 1.54) is 11.1 Å². The highest BCUT2D eigenvalue weighted by atomic mass is 16.2. The maximum absolute atomic E-state index is 11.8. The number of hydrogen-bond donors (Lipinski definition) is 2. The molecule has 0 spiro atoms. The predicted octanol–water partition coefficient (Wildman–Crippen LogP) is 3.08. The first kappa shape index (κ1) is 20.4. The first-order chi connectivity index (χ1) is 12.7. The van der Waals surface area contributed by atoms with Crippen LogP contribution >= 0.6 is 0 Å². The number of amides is 2. The largest absolute Gasteiger partial charge is 0.353 e. The van der Waals surface area contributed by atoms with Crippen LogP contribution in [0.25, 0.3) is 5.69 Å². The SMILES string of the molecule is Cc1ccc(-n2c(C)cc(/C=N/NC(=O)CC(=O)NC(C)C)c2C)cc1C. The molecule has 0 saturated heterocycles. The van der Waals surface area contributed by atoms with Crippen molar-refractivity contribution in [1.29, 1.82) is 0 Å². The summed E-state index contributed by atoms with van der Waals surface area (Å²) in [7, 11) is 0. The molecule has 0 aliphatic carbocycles. The van der Waals surface area contributed by atoms with E-state index in [9.17, 15) is 9.59 Å². The Balaban J connectivity index is 2.10. The number of aromatic nitrogens is 1. The van der Waals surface area contributed by atoms with Crippen molar-refractivity contribution < 1.29 is 9.59 Å². The third kappa shape index (κ3) is 5.29. The monoisotopic (exact) mass is 368 g/mol. The fourth-order valence-electron chi connectivity index (χ4n) is 2.91. The predicted molar refractivity (Wildman–Crippen MR) is 108 cm³/mol. The van der Waals surface area contributed by atoms with Crippen LogP contribution in [0.1, 0.15) is 48.3 Å². The molecule has 1 heterocycles. The Morgan fingerprint density at radius 1 is 1.07 bits per heavy atom. The number of aryl methyl sites for hydroxylation is 3. The van der Waals surface area contributed by atoms with Gasteiger partial charge in [0.1, 0.15) is 6.42 Å². The summed E-state index contributed by atoms with van der Waals surface area (Å²) in [6, 6.07) is 8.39. The zero-order valence-electron chi connectivity index (χ0n) is 16.9. The van der Waals surface area contributed by atoms with Gasteiger partial charge < -0.3 is 9.88 Å². The highest BCUT2D eigenvalue weighted by molar-refractivity contribution is 5.97. The summed E-state index contributed by atoms with van der Waals surface area (Å²) in [5.41, 5.74) is 9.03. The molecule has 0 radical (unpaired) electrons. The quantitative estimate of drug-likeness (QED) is 0.467. The normalized spacial score (nSPS) is 11.2. The van der Waals surface area contributed by atoms with Crippen molar-refractivity contribution in [2.24, 2.45) is 5.10 Å². The Morgan fingerprint density at radius 2 is 1.78 bits per heavy atom. The first-order valence-electron chi connectivity index (χ1n) is 9.07. The molecule has 2 aromatic rings. The van der Waals surface area contributed by atoms with Crippen LogP contribution < -0.4 is 10.7 Å². The lowest BCUT2D eigenvalue weighted by Gasteiger charge is -2.11. The van der Waals surface area contributed by atoms with Crippen molar-refractivity contribution in [3.8, 4) is 5.69 Å². The molecule has 0 bridgehead atoms. The summed E-state index contributed by atoms with van der Waals surface area (Å²) in [5, 5.41) is 6.67. The van der Waals surface area contributed by atoms with Crippen molar-refractivity contribution in [1.82, 2.24) is 15.3 Å². The summed E-state index contributed by atoms with van der Waals surface area (Å²) >= 11 is 0. The van der Waals surface area contributed by atoms with Crippen LogP contribution in [0.5, 0.6) is 0 Å². The number of nitrogens with one attached hydrogen (secondary N) is 2. The van der Waals surface area contributed by atoms with Crippen molar-refractivity contribution in [2.75, 3.05) is 0 Å². The Hall–Kier alpha value is -2.89. The number of carbonyl (C=O) groups excluding carboxylic acids is 2. The molecule has 27 heavy (non-hydrogen) atoms. The van der Waals surface area contributed by atoms with Gasteiger partial charge in [-0.15, -0.1) is 0 Å². The molecule has 2 amide bonds. The third-order valence-electron chi connectivity index (χ3n) is 4.38. The van der Waals surface area contributed by atoms with E-state index in [2.05, 4.69) is 52.5 Å². The summed E-state index contributed by atoms with van der Waals surface area (Å²) in [4.78, 5) is 23.4. The molecule has 2 rings (SSSR count). The third-order valence-corrected chi connectivity index (χ3v) is 4.38. The molecule has 0 saturated carbocycles. The first-order valence-corrected chi connectivity index (χ1v) is 9.07. The summed E-state index contributed by atoms with van der Waals surface area (Å²) < 4.78 is 2.16. The summed E-state index contributed by atoms with van der Waals surface area (Å²) in [6.07, 6.45) is 1.37. The van der Waals surface area contributed by atoms with Gasteiger partial charge in [0.25, 0.3) is 0 Å². The van der Waals surface area contributed by atoms with Gasteiger partial charge in [0.05, 0.1) is 6.21 Å². The lowest BCUT2D eigenvalue weighted by atomic mass is 10.1. The Bertz CT molecular complexity index is 879. The van der Waals surface area contributed by atoms with Crippen LogP contribution in [0.3, 0.4) is 0 Å². The van der Waals surface area contributed by atoms with E-state index in [0.717, 1.165) is 22.6 Å². The van der Waals surface area contributed by atoms with Crippen LogP contribution in [0.15, 0.2) is 29.4 Å². The minimum Gasteiger partial charge on any atom is -0.353 e. The average Bonchev–Trinajstić information content (AvgIpc) is 2.83. The zero-order chi connectivity index (χ0) is 20.1. The molecule has 1 aromatic carbocycles. The van der Waals surface area contributed by atoms with E-state index in [-0.39, 0.29) is 18.4 Å². The van der Waals surface area contributed by atoms with Gasteiger partial charge in [-0.1, -0.05) is 6.07 Å². The fraction of sp³-hybridized carbons (Fsp3) is 0.381. The standard InChI is InChI=1S/C21H28N4O2/c1-13(2)23-20(26)11-21(27)24-22-12-18-10-16(5)25(17(18)6)19-8-7-14(3)15(4)9-19/h7-10,12-13H,11H2,1-6H3,(H,23,26)(H,24,27)/b22-12+. The second-order valence-electron chi connectivity index (χ2n) is 7.12. The molecule has 6 heteroatoms. The highest BCUT2D eigenvalue weighted by Gasteiger charge is 2.11. The van der Waals surface area contributed by atoms with E-state index in [0.29, 0.717) is 0 Å². The van der Waals surface area contributed by atoms with Gasteiger partial charge in [-0.3, -0.25) is 9.59 Å². The number of rotatable bonds is 6. The van der Waals surface area contributed by atoms with Gasteiger partial charge in [-0.2, -0.15) is 5.10 Å². The van der Waals surface area contributed by atoms with Gasteiger partial charge in [-0.05, 0) is 70.9 Å². The molecule has 0 unspecified atom stereocenters. The van der Waals surface area contributed by atoms with Crippen LogP contribution in [-0.4, -0.2) is 28.6 Å². The maximum atomic E-state index is 11.8. The topological polar surface area (TPSA) is 75.5 Å². The van der Waals surface area contributed by atoms with Crippen LogP contribution in [0.2, 0.25) is 0 Å². The Morgan fingerprint density at radius 3 is 2.41 bits per heavy atom. The number of nitrogens with zero attached hydrogens (tertiary/aromatic N) is 2. The molecule has 0 fully saturated rings. The smallest absolute Gasteiger partial charge is 0.249 e. The van der Waals surface area contributed by atoms with Gasteiger partial charge in [0, 0.05) is 28.7 Å². The molecular weight excluding hydrogens is 340 g/mol. The molecule has 1 aromatic heterocycles. The molecule has 0 atom stereocenters. The van der Waals surface area contributed by atoms with Gasteiger partial charge in [0.2, 0.25) is 11.8 Å². The molecule has 0 aliphatic rings. The van der Waals surface area contributed by atoms with Crippen LogP contribution in [0, 0.1) is 27.7 Å². The maximum Gasteiger partial charge on any atom is 0.249 e. The van der Waals surface area contributed by atoms with Crippen LogP contribution in [-0.2, 0) is 9.59 Å². The highest BCUT2D eigenvalue weighted by Crippen LogP contribution is 2.21. The Labute approximate surface area is 160 Å². The number of carbonyl (C=O) groups is 2. The van der Waals surface area contributed by atoms with Crippen molar-refractivity contribution in [2.45, 2.75) is 54.0 Å². The van der Waals surface area contributed by atoms with Crippen molar-refractivity contribution in [3.63, 3.8) is 0 Å². The Kier molecular flexibility index (Phi) is 6.55. The summed E-state index contributed by atoms with van der Waals surface area (Å²) in [5.74, 6) is -0.752. The second kappa shape index (κ2) is 8.66. The lowest BCUT2D eigenvalue weighted by Crippen LogP contribution is -2.34.